The maximum absolute atomic E-state index is 12.4. The lowest BCUT2D eigenvalue weighted by Gasteiger charge is -2.29. The van der Waals surface area contributed by atoms with Crippen LogP contribution < -0.4 is 9.64 Å². The van der Waals surface area contributed by atoms with Crippen molar-refractivity contribution in [1.29, 1.82) is 0 Å². The zero-order valence-corrected chi connectivity index (χ0v) is 12.6. The lowest BCUT2D eigenvalue weighted by molar-refractivity contribution is -0.126. The van der Waals surface area contributed by atoms with Gasteiger partial charge in [0, 0.05) is 17.7 Å². The summed E-state index contributed by atoms with van der Waals surface area (Å²) in [6.45, 7) is 6.53. The van der Waals surface area contributed by atoms with E-state index in [-0.39, 0.29) is 17.2 Å². The fourth-order valence-corrected chi connectivity index (χ4v) is 2.28. The number of ether oxygens (including phenoxy) is 1. The summed E-state index contributed by atoms with van der Waals surface area (Å²) >= 11 is 3.36. The Hall–Kier alpha value is -1.10. The van der Waals surface area contributed by atoms with E-state index in [0.717, 1.165) is 4.47 Å². The molecule has 0 fully saturated rings. The topological polar surface area (TPSA) is 42.4 Å². The van der Waals surface area contributed by atoms with Crippen LogP contribution in [-0.4, -0.2) is 24.5 Å². The first-order chi connectivity index (χ1) is 8.30. The summed E-state index contributed by atoms with van der Waals surface area (Å²) in [5.74, 6) is 1.11. The molecule has 1 unspecified atom stereocenters. The summed E-state index contributed by atoms with van der Waals surface area (Å²) in [6.07, 6.45) is 1.67. The minimum atomic E-state index is -0.171. The van der Waals surface area contributed by atoms with Crippen LogP contribution in [-0.2, 0) is 4.79 Å². The van der Waals surface area contributed by atoms with E-state index in [0.29, 0.717) is 18.2 Å². The molecule has 1 aromatic rings. The van der Waals surface area contributed by atoms with E-state index < -0.39 is 0 Å². The van der Waals surface area contributed by atoms with E-state index in [1.165, 1.54) is 0 Å². The van der Waals surface area contributed by atoms with Crippen molar-refractivity contribution in [2.24, 2.45) is 11.3 Å². The average molecular weight is 313 g/mol. The van der Waals surface area contributed by atoms with Crippen LogP contribution in [0.25, 0.3) is 0 Å². The second kappa shape index (κ2) is 4.53. The molecule has 0 N–H and O–H groups in total. The van der Waals surface area contributed by atoms with Gasteiger partial charge in [-0.3, -0.25) is 9.69 Å². The average Bonchev–Trinajstić information content (AvgIpc) is 2.37. The number of rotatable bonds is 0. The molecule has 0 saturated carbocycles. The Bertz CT molecular complexity index is 482. The summed E-state index contributed by atoms with van der Waals surface area (Å²) in [7, 11) is 1.75. The SMILES string of the molecule is CN1C(=O)C(C(C)(C)C)COc2cc(Br)cnc21. The molecule has 98 valence electrons. The quantitative estimate of drug-likeness (QED) is 0.740. The number of carbonyl (C=O) groups excluding carboxylic acids is 1. The second-order valence-electron chi connectivity index (χ2n) is 5.60. The zero-order chi connectivity index (χ0) is 13.5. The molecular formula is C13H17BrN2O2. The molecule has 0 saturated heterocycles. The Kier molecular flexibility index (Phi) is 3.36. The number of hydrogen-bond donors (Lipinski definition) is 0. The number of halogens is 1. The number of anilines is 1. The van der Waals surface area contributed by atoms with Gasteiger partial charge >= 0.3 is 0 Å². The zero-order valence-electron chi connectivity index (χ0n) is 11.0. The van der Waals surface area contributed by atoms with E-state index in [4.69, 9.17) is 4.74 Å². The van der Waals surface area contributed by atoms with Gasteiger partial charge in [-0.25, -0.2) is 4.98 Å². The van der Waals surface area contributed by atoms with Gasteiger partial charge in [0.25, 0.3) is 0 Å². The number of pyridine rings is 1. The first-order valence-electron chi connectivity index (χ1n) is 5.86. The third kappa shape index (κ3) is 2.36. The van der Waals surface area contributed by atoms with Gasteiger partial charge < -0.3 is 4.74 Å². The van der Waals surface area contributed by atoms with Crippen molar-refractivity contribution in [2.75, 3.05) is 18.6 Å². The van der Waals surface area contributed by atoms with Crippen LogP contribution in [0.5, 0.6) is 5.75 Å². The summed E-state index contributed by atoms with van der Waals surface area (Å²) in [4.78, 5) is 18.3. The standard InChI is InChI=1S/C13H17BrN2O2/c1-13(2,3)9-7-18-10-5-8(14)6-15-11(10)16(4)12(9)17/h5-6,9H,7H2,1-4H3. The third-order valence-electron chi connectivity index (χ3n) is 3.20. The fourth-order valence-electron chi connectivity index (χ4n) is 1.97. The van der Waals surface area contributed by atoms with Crippen LogP contribution in [0.4, 0.5) is 5.82 Å². The number of carbonyl (C=O) groups is 1. The highest BCUT2D eigenvalue weighted by atomic mass is 79.9. The van der Waals surface area contributed by atoms with Crippen LogP contribution in [0.15, 0.2) is 16.7 Å². The van der Waals surface area contributed by atoms with Crippen molar-refractivity contribution < 1.29 is 9.53 Å². The maximum Gasteiger partial charge on any atom is 0.235 e. The number of amides is 1. The maximum atomic E-state index is 12.4. The van der Waals surface area contributed by atoms with E-state index in [1.807, 2.05) is 26.8 Å². The third-order valence-corrected chi connectivity index (χ3v) is 3.63. The fraction of sp³-hybridized carbons (Fsp3) is 0.538. The van der Waals surface area contributed by atoms with Crippen LogP contribution in [0.1, 0.15) is 20.8 Å². The second-order valence-corrected chi connectivity index (χ2v) is 6.52. The molecule has 1 atom stereocenters. The molecule has 1 aliphatic heterocycles. The Labute approximate surface area is 115 Å². The lowest BCUT2D eigenvalue weighted by Crippen LogP contribution is -2.40. The molecule has 0 spiro atoms. The highest BCUT2D eigenvalue weighted by molar-refractivity contribution is 9.10. The molecule has 0 aliphatic carbocycles. The number of aromatic nitrogens is 1. The van der Waals surface area contributed by atoms with Crippen molar-refractivity contribution in [3.05, 3.63) is 16.7 Å². The highest BCUT2D eigenvalue weighted by Crippen LogP contribution is 2.36. The molecule has 5 heteroatoms. The van der Waals surface area contributed by atoms with Gasteiger partial charge in [0.1, 0.15) is 6.61 Å². The van der Waals surface area contributed by atoms with Crippen LogP contribution in [0.2, 0.25) is 0 Å². The highest BCUT2D eigenvalue weighted by Gasteiger charge is 2.37. The molecule has 0 radical (unpaired) electrons. The molecule has 2 heterocycles. The Morgan fingerprint density at radius 3 is 2.78 bits per heavy atom. The molecule has 1 amide bonds. The number of fused-ring (bicyclic) bond motifs is 1. The van der Waals surface area contributed by atoms with Gasteiger partial charge in [0.2, 0.25) is 5.91 Å². The normalized spacial score (nSPS) is 20.2. The molecule has 2 rings (SSSR count). The van der Waals surface area contributed by atoms with Crippen molar-refractivity contribution in [3.63, 3.8) is 0 Å². The van der Waals surface area contributed by atoms with Gasteiger partial charge in [-0.1, -0.05) is 20.8 Å². The predicted molar refractivity (Wildman–Crippen MR) is 73.8 cm³/mol. The Balaban J connectivity index is 2.42. The minimum absolute atomic E-state index is 0.0519. The largest absolute Gasteiger partial charge is 0.489 e. The van der Waals surface area contributed by atoms with Crippen molar-refractivity contribution >= 4 is 27.7 Å². The summed E-state index contributed by atoms with van der Waals surface area (Å²) < 4.78 is 6.60. The smallest absolute Gasteiger partial charge is 0.235 e. The first-order valence-corrected chi connectivity index (χ1v) is 6.66. The van der Waals surface area contributed by atoms with E-state index in [9.17, 15) is 4.79 Å². The molecular weight excluding hydrogens is 296 g/mol. The van der Waals surface area contributed by atoms with Gasteiger partial charge in [-0.05, 0) is 27.4 Å². The minimum Gasteiger partial charge on any atom is -0.489 e. The first kappa shape index (κ1) is 13.3. The van der Waals surface area contributed by atoms with Crippen LogP contribution in [0, 0.1) is 11.3 Å². The molecule has 4 nitrogen and oxygen atoms in total. The van der Waals surface area contributed by atoms with Gasteiger partial charge in [0.15, 0.2) is 11.6 Å². The molecule has 1 aromatic heterocycles. The summed E-state index contributed by atoms with van der Waals surface area (Å²) in [6, 6.07) is 1.84. The molecule has 1 aliphatic rings. The van der Waals surface area contributed by atoms with Crippen LogP contribution >= 0.6 is 15.9 Å². The van der Waals surface area contributed by atoms with E-state index in [1.54, 1.807) is 18.1 Å². The van der Waals surface area contributed by atoms with Crippen molar-refractivity contribution in [2.45, 2.75) is 20.8 Å². The van der Waals surface area contributed by atoms with Crippen molar-refractivity contribution in [3.8, 4) is 5.75 Å². The Morgan fingerprint density at radius 1 is 1.50 bits per heavy atom. The van der Waals surface area contributed by atoms with Crippen molar-refractivity contribution in [1.82, 2.24) is 4.98 Å². The van der Waals surface area contributed by atoms with E-state index in [2.05, 4.69) is 20.9 Å². The molecule has 18 heavy (non-hydrogen) atoms. The van der Waals surface area contributed by atoms with Gasteiger partial charge in [-0.2, -0.15) is 0 Å². The number of nitrogens with zero attached hydrogens (tertiary/aromatic N) is 2. The lowest BCUT2D eigenvalue weighted by atomic mass is 9.80. The number of hydrogen-bond acceptors (Lipinski definition) is 3. The van der Waals surface area contributed by atoms with Gasteiger partial charge in [0.05, 0.1) is 5.92 Å². The predicted octanol–water partition coefficient (Wildman–Crippen LogP) is 2.86. The summed E-state index contributed by atoms with van der Waals surface area (Å²) in [5, 5.41) is 0. The Morgan fingerprint density at radius 2 is 2.17 bits per heavy atom. The monoisotopic (exact) mass is 312 g/mol. The summed E-state index contributed by atoms with van der Waals surface area (Å²) in [5.41, 5.74) is -0.134. The van der Waals surface area contributed by atoms with Crippen LogP contribution in [0.3, 0.4) is 0 Å². The van der Waals surface area contributed by atoms with Gasteiger partial charge in [-0.15, -0.1) is 0 Å². The molecule has 0 aromatic carbocycles. The van der Waals surface area contributed by atoms with E-state index >= 15 is 0 Å². The molecule has 0 bridgehead atoms.